The standard InChI is InChI=1S/C11H14N2O2/c1-15-10-7-6-9(12-13-10)11(14)8-4-2-3-5-8/h6-8H,2-5H2,1H3. The minimum Gasteiger partial charge on any atom is -0.480 e. The van der Waals surface area contributed by atoms with E-state index in [2.05, 4.69) is 10.2 Å². The Balaban J connectivity index is 2.11. The molecule has 0 atom stereocenters. The van der Waals surface area contributed by atoms with Crippen molar-refractivity contribution in [1.29, 1.82) is 0 Å². The van der Waals surface area contributed by atoms with E-state index in [-0.39, 0.29) is 11.7 Å². The van der Waals surface area contributed by atoms with Crippen LogP contribution in [-0.4, -0.2) is 23.1 Å². The Bertz CT molecular complexity index is 342. The van der Waals surface area contributed by atoms with Gasteiger partial charge < -0.3 is 4.74 Å². The first-order valence-electron chi connectivity index (χ1n) is 5.23. The molecule has 0 aromatic carbocycles. The number of hydrogen-bond acceptors (Lipinski definition) is 4. The molecule has 2 rings (SSSR count). The largest absolute Gasteiger partial charge is 0.480 e. The van der Waals surface area contributed by atoms with Gasteiger partial charge in [0, 0.05) is 12.0 Å². The predicted octanol–water partition coefficient (Wildman–Crippen LogP) is 1.86. The number of hydrogen-bond donors (Lipinski definition) is 0. The molecular weight excluding hydrogens is 192 g/mol. The molecule has 4 heteroatoms. The third-order valence-electron chi connectivity index (χ3n) is 2.83. The van der Waals surface area contributed by atoms with Crippen molar-refractivity contribution >= 4 is 5.78 Å². The molecule has 0 aliphatic heterocycles. The van der Waals surface area contributed by atoms with Crippen molar-refractivity contribution < 1.29 is 9.53 Å². The summed E-state index contributed by atoms with van der Waals surface area (Å²) in [6.45, 7) is 0. The summed E-state index contributed by atoms with van der Waals surface area (Å²) in [7, 11) is 1.53. The molecule has 1 heterocycles. The zero-order chi connectivity index (χ0) is 10.7. The van der Waals surface area contributed by atoms with Crippen LogP contribution in [0.5, 0.6) is 5.88 Å². The molecule has 15 heavy (non-hydrogen) atoms. The monoisotopic (exact) mass is 206 g/mol. The Morgan fingerprint density at radius 3 is 2.60 bits per heavy atom. The lowest BCUT2D eigenvalue weighted by molar-refractivity contribution is 0.0916. The van der Waals surface area contributed by atoms with Gasteiger partial charge in [0.2, 0.25) is 5.88 Å². The normalized spacial score (nSPS) is 16.6. The van der Waals surface area contributed by atoms with Crippen LogP contribution in [0.15, 0.2) is 12.1 Å². The minimum atomic E-state index is 0.127. The van der Waals surface area contributed by atoms with Gasteiger partial charge in [0.15, 0.2) is 5.78 Å². The lowest BCUT2D eigenvalue weighted by Crippen LogP contribution is -2.13. The second kappa shape index (κ2) is 4.38. The molecule has 0 saturated heterocycles. The van der Waals surface area contributed by atoms with Gasteiger partial charge in [0.05, 0.1) is 7.11 Å². The molecule has 1 fully saturated rings. The van der Waals surface area contributed by atoms with Crippen molar-refractivity contribution in [3.8, 4) is 5.88 Å². The number of methoxy groups -OCH3 is 1. The summed E-state index contributed by atoms with van der Waals surface area (Å²) in [6, 6.07) is 3.36. The van der Waals surface area contributed by atoms with Gasteiger partial charge in [0.1, 0.15) is 5.69 Å². The van der Waals surface area contributed by atoms with Crippen molar-refractivity contribution in [3.05, 3.63) is 17.8 Å². The van der Waals surface area contributed by atoms with Gasteiger partial charge in [0.25, 0.3) is 0 Å². The van der Waals surface area contributed by atoms with Crippen LogP contribution < -0.4 is 4.74 Å². The highest BCUT2D eigenvalue weighted by molar-refractivity contribution is 5.96. The third-order valence-corrected chi connectivity index (χ3v) is 2.83. The van der Waals surface area contributed by atoms with E-state index in [0.29, 0.717) is 11.6 Å². The van der Waals surface area contributed by atoms with Crippen LogP contribution >= 0.6 is 0 Å². The van der Waals surface area contributed by atoms with E-state index >= 15 is 0 Å². The van der Waals surface area contributed by atoms with E-state index in [1.807, 2.05) is 0 Å². The molecule has 4 nitrogen and oxygen atoms in total. The maximum atomic E-state index is 11.9. The molecule has 0 spiro atoms. The maximum Gasteiger partial charge on any atom is 0.233 e. The first-order chi connectivity index (χ1) is 7.31. The fourth-order valence-electron chi connectivity index (χ4n) is 1.96. The quantitative estimate of drug-likeness (QED) is 0.708. The molecule has 1 aromatic rings. The highest BCUT2D eigenvalue weighted by Crippen LogP contribution is 2.27. The number of ether oxygens (including phenoxy) is 1. The predicted molar refractivity (Wildman–Crippen MR) is 54.9 cm³/mol. The summed E-state index contributed by atoms with van der Waals surface area (Å²) in [5.74, 6) is 0.730. The number of carbonyl (C=O) groups is 1. The summed E-state index contributed by atoms with van der Waals surface area (Å²) >= 11 is 0. The fourth-order valence-corrected chi connectivity index (χ4v) is 1.96. The van der Waals surface area contributed by atoms with Gasteiger partial charge in [-0.05, 0) is 18.9 Å². The maximum absolute atomic E-state index is 11.9. The van der Waals surface area contributed by atoms with E-state index in [1.54, 1.807) is 12.1 Å². The van der Waals surface area contributed by atoms with Gasteiger partial charge in [-0.25, -0.2) is 0 Å². The Labute approximate surface area is 88.7 Å². The highest BCUT2D eigenvalue weighted by atomic mass is 16.5. The van der Waals surface area contributed by atoms with Gasteiger partial charge >= 0.3 is 0 Å². The first-order valence-corrected chi connectivity index (χ1v) is 5.23. The minimum absolute atomic E-state index is 0.127. The van der Waals surface area contributed by atoms with E-state index < -0.39 is 0 Å². The van der Waals surface area contributed by atoms with Crippen molar-refractivity contribution in [2.45, 2.75) is 25.7 Å². The number of aromatic nitrogens is 2. The lowest BCUT2D eigenvalue weighted by Gasteiger charge is -2.06. The molecule has 0 bridgehead atoms. The zero-order valence-electron chi connectivity index (χ0n) is 8.77. The summed E-state index contributed by atoms with van der Waals surface area (Å²) in [5.41, 5.74) is 0.461. The van der Waals surface area contributed by atoms with Crippen molar-refractivity contribution in [2.75, 3.05) is 7.11 Å². The summed E-state index contributed by atoms with van der Waals surface area (Å²) in [5, 5.41) is 7.67. The fraction of sp³-hybridized carbons (Fsp3) is 0.545. The Morgan fingerprint density at radius 1 is 1.33 bits per heavy atom. The zero-order valence-corrected chi connectivity index (χ0v) is 8.77. The van der Waals surface area contributed by atoms with Crippen LogP contribution in [-0.2, 0) is 0 Å². The summed E-state index contributed by atoms with van der Waals surface area (Å²) < 4.78 is 4.89. The molecule has 1 saturated carbocycles. The van der Waals surface area contributed by atoms with Crippen LogP contribution in [0, 0.1) is 5.92 Å². The Morgan fingerprint density at radius 2 is 2.07 bits per heavy atom. The molecular formula is C11H14N2O2. The molecule has 1 aliphatic rings. The lowest BCUT2D eigenvalue weighted by atomic mass is 10.0. The number of ketones is 1. The molecule has 1 aliphatic carbocycles. The van der Waals surface area contributed by atoms with Crippen LogP contribution in [0.1, 0.15) is 36.2 Å². The van der Waals surface area contributed by atoms with Crippen molar-refractivity contribution in [3.63, 3.8) is 0 Å². The molecule has 0 N–H and O–H groups in total. The summed E-state index contributed by atoms with van der Waals surface area (Å²) in [4.78, 5) is 11.9. The van der Waals surface area contributed by atoms with Crippen LogP contribution in [0.2, 0.25) is 0 Å². The molecule has 1 aromatic heterocycles. The summed E-state index contributed by atoms with van der Waals surface area (Å²) in [6.07, 6.45) is 4.29. The molecule has 80 valence electrons. The number of rotatable bonds is 3. The van der Waals surface area contributed by atoms with E-state index in [4.69, 9.17) is 4.74 Å². The van der Waals surface area contributed by atoms with E-state index in [1.165, 1.54) is 7.11 Å². The van der Waals surface area contributed by atoms with Gasteiger partial charge in [-0.3, -0.25) is 4.79 Å². The van der Waals surface area contributed by atoms with Gasteiger partial charge in [-0.2, -0.15) is 0 Å². The topological polar surface area (TPSA) is 52.1 Å². The SMILES string of the molecule is COc1ccc(C(=O)C2CCCC2)nn1. The average molecular weight is 206 g/mol. The van der Waals surface area contributed by atoms with E-state index in [9.17, 15) is 4.79 Å². The number of nitrogens with zero attached hydrogens (tertiary/aromatic N) is 2. The molecule has 0 unspecified atom stereocenters. The Hall–Kier alpha value is -1.45. The van der Waals surface area contributed by atoms with Crippen molar-refractivity contribution in [1.82, 2.24) is 10.2 Å². The number of Topliss-reactive ketones (excluding diaryl/α,β-unsaturated/α-hetero) is 1. The first kappa shape index (κ1) is 10.1. The Kier molecular flexibility index (Phi) is 2.94. The second-order valence-electron chi connectivity index (χ2n) is 3.81. The molecule has 0 radical (unpaired) electrons. The van der Waals surface area contributed by atoms with Crippen molar-refractivity contribution in [2.24, 2.45) is 5.92 Å². The van der Waals surface area contributed by atoms with E-state index in [0.717, 1.165) is 25.7 Å². The molecule has 0 amide bonds. The van der Waals surface area contributed by atoms with Gasteiger partial charge in [-0.15, -0.1) is 10.2 Å². The third kappa shape index (κ3) is 2.14. The highest BCUT2D eigenvalue weighted by Gasteiger charge is 2.24. The van der Waals surface area contributed by atoms with Crippen LogP contribution in [0.3, 0.4) is 0 Å². The second-order valence-corrected chi connectivity index (χ2v) is 3.81. The van der Waals surface area contributed by atoms with Crippen LogP contribution in [0.4, 0.5) is 0 Å². The van der Waals surface area contributed by atoms with Gasteiger partial charge in [-0.1, -0.05) is 12.8 Å². The number of carbonyl (C=O) groups excluding carboxylic acids is 1. The smallest absolute Gasteiger partial charge is 0.233 e. The average Bonchev–Trinajstić information content (AvgIpc) is 2.82. The van der Waals surface area contributed by atoms with Crippen LogP contribution in [0.25, 0.3) is 0 Å².